The summed E-state index contributed by atoms with van der Waals surface area (Å²) >= 11 is 0. The van der Waals surface area contributed by atoms with Gasteiger partial charge in [0.15, 0.2) is 11.5 Å². The Kier molecular flexibility index (Phi) is 12.1. The van der Waals surface area contributed by atoms with E-state index in [4.69, 9.17) is 29.5 Å². The molecule has 1 unspecified atom stereocenters. The monoisotopic (exact) mass is 852 g/mol. The Labute approximate surface area is 372 Å². The number of carboxylic acids is 1. The Morgan fingerprint density at radius 2 is 1.34 bits per heavy atom. The van der Waals surface area contributed by atoms with Crippen molar-refractivity contribution in [1.29, 1.82) is 0 Å². The fraction of sp³-hybridized carbons (Fsp3) is 0.231. The van der Waals surface area contributed by atoms with Crippen molar-refractivity contribution in [2.75, 3.05) is 19.8 Å². The summed E-state index contributed by atoms with van der Waals surface area (Å²) < 4.78 is 19.3. The van der Waals surface area contributed by atoms with Gasteiger partial charge in [-0.2, -0.15) is 4.99 Å². The topological polar surface area (TPSA) is 141 Å². The number of carboxylic acid groups (broad SMARTS) is 1. The number of carbonyl (C=O) groups excluding carboxylic acids is 2. The Balaban J connectivity index is 1.09. The minimum atomic E-state index is -1.34. The molecule has 7 aromatic rings. The molecule has 0 spiro atoms. The van der Waals surface area contributed by atoms with E-state index in [0.717, 1.165) is 71.0 Å². The van der Waals surface area contributed by atoms with E-state index in [1.165, 1.54) is 6.07 Å². The Morgan fingerprint density at radius 3 is 1.95 bits per heavy atom. The first-order valence-corrected chi connectivity index (χ1v) is 21.8. The molecule has 9 rings (SSSR count). The van der Waals surface area contributed by atoms with Gasteiger partial charge >= 0.3 is 12.2 Å². The quantitative estimate of drug-likeness (QED) is 0.0595. The van der Waals surface area contributed by atoms with Crippen LogP contribution in [-0.4, -0.2) is 64.2 Å². The lowest BCUT2D eigenvalue weighted by atomic mass is 9.77. The van der Waals surface area contributed by atoms with Gasteiger partial charge in [-0.15, -0.1) is 5.10 Å². The molecule has 64 heavy (non-hydrogen) atoms. The molecule has 0 radical (unpaired) electrons. The number of fused-ring (bicyclic) bond motifs is 1. The number of aromatic nitrogens is 4. The molecule has 322 valence electrons. The summed E-state index contributed by atoms with van der Waals surface area (Å²) in [6.07, 6.45) is 3.86. The van der Waals surface area contributed by atoms with Gasteiger partial charge in [-0.05, 0) is 83.0 Å². The fourth-order valence-corrected chi connectivity index (χ4v) is 9.40. The molecule has 1 saturated carbocycles. The third-order valence-corrected chi connectivity index (χ3v) is 12.3. The number of nitrogens with zero attached hydrogens (tertiary/aromatic N) is 6. The lowest BCUT2D eigenvalue weighted by Gasteiger charge is -2.36. The number of hydrogen-bond donors (Lipinski definition) is 0. The number of para-hydroxylation sites is 1. The minimum absolute atomic E-state index is 0.0124. The standard InChI is InChI=1S/C52H48N6O6/c1-2-62-50-53-46-29-17-28-45(49(59)60)47(46)58(50,34-35-63-51(61)64-42-24-13-6-14-25-42)36-37-30-32-38(33-31-37)43-26-15-16-27-44(43)48-54-55-56-57(48)52(39-18-7-3-8-19-39,40-20-9-4-10-21-40)41-22-11-5-12-23-41/h3-5,7-12,15-23,26-33,42H,2,6,13-14,24-25,34-36H2,1H3. The summed E-state index contributed by atoms with van der Waals surface area (Å²) in [5.41, 5.74) is 6.40. The van der Waals surface area contributed by atoms with E-state index < -0.39 is 17.7 Å². The molecular weight excluding hydrogens is 805 g/mol. The Bertz CT molecular complexity index is 2660. The highest BCUT2D eigenvalue weighted by Gasteiger charge is 2.48. The van der Waals surface area contributed by atoms with Crippen molar-refractivity contribution in [1.82, 2.24) is 24.7 Å². The first-order chi connectivity index (χ1) is 31.4. The van der Waals surface area contributed by atoms with E-state index >= 15 is 0 Å². The van der Waals surface area contributed by atoms with Gasteiger partial charge in [0, 0.05) is 11.1 Å². The maximum atomic E-state index is 12.9. The highest BCUT2D eigenvalue weighted by atomic mass is 16.7. The molecule has 1 aromatic heterocycles. The van der Waals surface area contributed by atoms with Crippen molar-refractivity contribution in [2.45, 2.75) is 57.2 Å². The molecule has 0 bridgehead atoms. The number of aromatic carboxylic acids is 1. The molecular formula is C52H48N6O6. The zero-order chi connectivity index (χ0) is 43.9. The second-order valence-corrected chi connectivity index (χ2v) is 16.1. The van der Waals surface area contributed by atoms with Crippen molar-refractivity contribution in [3.8, 4) is 22.5 Å². The number of tetrazole rings is 1. The normalized spacial score (nSPS) is 16.1. The fourth-order valence-electron chi connectivity index (χ4n) is 9.40. The Morgan fingerprint density at radius 1 is 0.734 bits per heavy atom. The van der Waals surface area contributed by atoms with E-state index in [1.54, 1.807) is 12.1 Å². The minimum Gasteiger partial charge on any atom is -0.545 e. The zero-order valence-corrected chi connectivity index (χ0v) is 35.6. The van der Waals surface area contributed by atoms with Crippen LogP contribution in [0, 0.1) is 0 Å². The number of carbonyl (C=O) groups is 2. The maximum Gasteiger partial charge on any atom is 0.508 e. The van der Waals surface area contributed by atoms with Gasteiger partial charge in [0.25, 0.3) is 0 Å². The number of rotatable bonds is 14. The number of hydrogen-bond acceptors (Lipinski definition) is 10. The lowest BCUT2D eigenvalue weighted by molar-refractivity contribution is -0.255. The smallest absolute Gasteiger partial charge is 0.508 e. The van der Waals surface area contributed by atoms with Gasteiger partial charge in [-0.3, -0.25) is 0 Å². The van der Waals surface area contributed by atoms with E-state index in [1.807, 2.05) is 109 Å². The van der Waals surface area contributed by atoms with E-state index in [9.17, 15) is 14.7 Å². The molecule has 1 aliphatic heterocycles. The van der Waals surface area contributed by atoms with Crippen molar-refractivity contribution in [2.24, 2.45) is 4.99 Å². The molecule has 12 heteroatoms. The van der Waals surface area contributed by atoms with Gasteiger partial charge in [0.05, 0.1) is 18.1 Å². The predicted molar refractivity (Wildman–Crippen MR) is 242 cm³/mol. The largest absolute Gasteiger partial charge is 0.545 e. The molecule has 0 N–H and O–H groups in total. The summed E-state index contributed by atoms with van der Waals surface area (Å²) in [5.74, 6) is -0.765. The Hall–Kier alpha value is -7.44. The molecule has 6 aromatic carbocycles. The molecule has 1 aliphatic carbocycles. The van der Waals surface area contributed by atoms with Gasteiger partial charge in [0.2, 0.25) is 0 Å². The van der Waals surface area contributed by atoms with Crippen molar-refractivity contribution in [3.05, 3.63) is 186 Å². The SMILES string of the molecule is CCOC1=Nc2cccc(C(=O)[O-])c2[N+]1(CCOC(=O)OC1CCCCC1)Cc1ccc(-c2ccccc2-c2nnnn2C(c2ccccc2)(c2ccccc2)c2ccccc2)cc1. The zero-order valence-electron chi connectivity index (χ0n) is 35.6. The number of quaternary nitrogens is 1. The number of aliphatic imine (C=N–C) groups is 1. The predicted octanol–water partition coefficient (Wildman–Crippen LogP) is 9.24. The highest BCUT2D eigenvalue weighted by molar-refractivity contribution is 6.06. The van der Waals surface area contributed by atoms with Crippen LogP contribution in [0.2, 0.25) is 0 Å². The van der Waals surface area contributed by atoms with Crippen LogP contribution in [0.3, 0.4) is 0 Å². The van der Waals surface area contributed by atoms with Gasteiger partial charge in [-0.25, -0.2) is 14.0 Å². The summed E-state index contributed by atoms with van der Waals surface area (Å²) in [6, 6.07) is 52.2. The van der Waals surface area contributed by atoms with Crippen molar-refractivity contribution in [3.63, 3.8) is 0 Å². The van der Waals surface area contributed by atoms with Crippen LogP contribution >= 0.6 is 0 Å². The molecule has 0 amide bonds. The average molecular weight is 853 g/mol. The van der Waals surface area contributed by atoms with Crippen LogP contribution in [0.5, 0.6) is 0 Å². The molecule has 1 atom stereocenters. The van der Waals surface area contributed by atoms with Crippen LogP contribution in [0.25, 0.3) is 22.5 Å². The van der Waals surface area contributed by atoms with Gasteiger partial charge in [0.1, 0.15) is 37.0 Å². The third-order valence-electron chi connectivity index (χ3n) is 12.3. The van der Waals surface area contributed by atoms with Crippen molar-refractivity contribution >= 4 is 29.5 Å². The first-order valence-electron chi connectivity index (χ1n) is 21.8. The third kappa shape index (κ3) is 7.92. The van der Waals surface area contributed by atoms with Crippen LogP contribution < -0.4 is 9.59 Å². The maximum absolute atomic E-state index is 12.9. The van der Waals surface area contributed by atoms with Crippen molar-refractivity contribution < 1.29 is 28.9 Å². The lowest BCUT2D eigenvalue weighted by Crippen LogP contribution is -2.55. The first kappa shape index (κ1) is 41.9. The number of amidine groups is 1. The number of ether oxygens (including phenoxy) is 3. The van der Waals surface area contributed by atoms with Crippen LogP contribution in [-0.2, 0) is 26.3 Å². The molecule has 2 heterocycles. The van der Waals surface area contributed by atoms with Crippen LogP contribution in [0.15, 0.2) is 163 Å². The molecule has 12 nitrogen and oxygen atoms in total. The summed E-state index contributed by atoms with van der Waals surface area (Å²) in [4.78, 5) is 30.4. The second kappa shape index (κ2) is 18.5. The van der Waals surface area contributed by atoms with E-state index in [0.29, 0.717) is 23.2 Å². The number of benzene rings is 6. The second-order valence-electron chi connectivity index (χ2n) is 16.1. The molecule has 0 saturated heterocycles. The van der Waals surface area contributed by atoms with E-state index in [-0.39, 0.29) is 42.5 Å². The highest BCUT2D eigenvalue weighted by Crippen LogP contribution is 2.46. The van der Waals surface area contributed by atoms with E-state index in [2.05, 4.69) is 47.7 Å². The summed E-state index contributed by atoms with van der Waals surface area (Å²) in [5, 5.41) is 26.5. The van der Waals surface area contributed by atoms with Gasteiger partial charge in [-0.1, -0.05) is 152 Å². The van der Waals surface area contributed by atoms with Crippen LogP contribution in [0.4, 0.5) is 16.2 Å². The van der Waals surface area contributed by atoms with Crippen LogP contribution in [0.1, 0.15) is 71.6 Å². The average Bonchev–Trinajstić information content (AvgIpc) is 3.94. The summed E-state index contributed by atoms with van der Waals surface area (Å²) in [7, 11) is 0. The molecule has 1 fully saturated rings. The summed E-state index contributed by atoms with van der Waals surface area (Å²) in [6.45, 7) is 2.44. The molecule has 2 aliphatic rings. The van der Waals surface area contributed by atoms with Gasteiger partial charge < -0.3 is 24.1 Å².